The molecule has 0 saturated carbocycles. The predicted molar refractivity (Wildman–Crippen MR) is 137 cm³/mol. The minimum Gasteiger partial charge on any atom is -0.481 e. The SMILES string of the molecule is O=C(O)CCCCC(=O)Nc1cccc([C@@H]2O[C@H](CN3CCOCC3)C[C@H](c3ccc(CO)cc3)O2)c1. The van der Waals surface area contributed by atoms with Crippen LogP contribution in [-0.2, 0) is 30.4 Å². The molecule has 0 aliphatic carbocycles. The fourth-order valence-corrected chi connectivity index (χ4v) is 4.65. The van der Waals surface area contributed by atoms with E-state index in [1.54, 1.807) is 0 Å². The van der Waals surface area contributed by atoms with Crippen molar-refractivity contribution in [3.05, 3.63) is 65.2 Å². The van der Waals surface area contributed by atoms with E-state index in [9.17, 15) is 14.7 Å². The Morgan fingerprint density at radius 3 is 2.46 bits per heavy atom. The lowest BCUT2D eigenvalue weighted by Crippen LogP contribution is -2.44. The Labute approximate surface area is 217 Å². The van der Waals surface area contributed by atoms with Gasteiger partial charge in [0.25, 0.3) is 0 Å². The van der Waals surface area contributed by atoms with Crippen LogP contribution in [0, 0.1) is 0 Å². The van der Waals surface area contributed by atoms with Gasteiger partial charge >= 0.3 is 5.97 Å². The van der Waals surface area contributed by atoms with Gasteiger partial charge in [0, 0.05) is 50.1 Å². The van der Waals surface area contributed by atoms with Crippen molar-refractivity contribution in [3.63, 3.8) is 0 Å². The van der Waals surface area contributed by atoms with Crippen LogP contribution in [-0.4, -0.2) is 65.9 Å². The first-order valence-corrected chi connectivity index (χ1v) is 12.9. The van der Waals surface area contributed by atoms with Gasteiger partial charge in [-0.3, -0.25) is 14.5 Å². The molecule has 2 saturated heterocycles. The highest BCUT2D eigenvalue weighted by molar-refractivity contribution is 5.90. The molecule has 3 N–H and O–H groups in total. The number of aliphatic hydroxyl groups is 1. The zero-order valence-corrected chi connectivity index (χ0v) is 21.0. The Balaban J connectivity index is 1.44. The minimum absolute atomic E-state index is 0.00470. The van der Waals surface area contributed by atoms with E-state index in [2.05, 4.69) is 10.2 Å². The van der Waals surface area contributed by atoms with Crippen LogP contribution in [0.25, 0.3) is 0 Å². The first-order valence-electron chi connectivity index (χ1n) is 12.9. The summed E-state index contributed by atoms with van der Waals surface area (Å²) in [5.41, 5.74) is 3.34. The topological polar surface area (TPSA) is 118 Å². The van der Waals surface area contributed by atoms with Crippen molar-refractivity contribution < 1.29 is 34.0 Å². The number of aliphatic hydroxyl groups excluding tert-OH is 1. The molecule has 0 unspecified atom stereocenters. The second-order valence-electron chi connectivity index (χ2n) is 9.54. The summed E-state index contributed by atoms with van der Waals surface area (Å²) >= 11 is 0. The molecule has 1 amide bonds. The molecule has 3 atom stereocenters. The second-order valence-corrected chi connectivity index (χ2v) is 9.54. The van der Waals surface area contributed by atoms with Crippen LogP contribution in [0.2, 0.25) is 0 Å². The lowest BCUT2D eigenvalue weighted by molar-refractivity contribution is -0.253. The van der Waals surface area contributed by atoms with E-state index >= 15 is 0 Å². The molecule has 9 nitrogen and oxygen atoms in total. The number of unbranched alkanes of at least 4 members (excludes halogenated alkanes) is 1. The molecule has 2 aliphatic rings. The summed E-state index contributed by atoms with van der Waals surface area (Å²) in [7, 11) is 0. The largest absolute Gasteiger partial charge is 0.481 e. The summed E-state index contributed by atoms with van der Waals surface area (Å²) in [5, 5.41) is 21.1. The Kier molecular flexibility index (Phi) is 10.0. The van der Waals surface area contributed by atoms with Crippen LogP contribution < -0.4 is 5.32 Å². The molecule has 0 bridgehead atoms. The van der Waals surface area contributed by atoms with Gasteiger partial charge in [0.2, 0.25) is 5.91 Å². The van der Waals surface area contributed by atoms with Crippen LogP contribution in [0.1, 0.15) is 61.2 Å². The van der Waals surface area contributed by atoms with E-state index in [0.29, 0.717) is 24.9 Å². The van der Waals surface area contributed by atoms with E-state index in [1.807, 2.05) is 48.5 Å². The third-order valence-corrected chi connectivity index (χ3v) is 6.67. The quantitative estimate of drug-likeness (QED) is 0.391. The number of carbonyl (C=O) groups is 2. The van der Waals surface area contributed by atoms with Gasteiger partial charge in [0.1, 0.15) is 0 Å². The second kappa shape index (κ2) is 13.6. The van der Waals surface area contributed by atoms with E-state index in [1.165, 1.54) is 0 Å². The number of carbonyl (C=O) groups excluding carboxylic acids is 1. The Morgan fingerprint density at radius 1 is 0.973 bits per heavy atom. The summed E-state index contributed by atoms with van der Waals surface area (Å²) in [4.78, 5) is 25.4. The van der Waals surface area contributed by atoms with Crippen LogP contribution in [0.3, 0.4) is 0 Å². The van der Waals surface area contributed by atoms with Gasteiger partial charge in [0.05, 0.1) is 32.0 Å². The van der Waals surface area contributed by atoms with E-state index < -0.39 is 12.3 Å². The maximum absolute atomic E-state index is 12.4. The zero-order valence-electron chi connectivity index (χ0n) is 21.0. The summed E-state index contributed by atoms with van der Waals surface area (Å²) in [6.45, 7) is 3.95. The Morgan fingerprint density at radius 2 is 1.73 bits per heavy atom. The normalized spacial score (nSPS) is 22.5. The lowest BCUT2D eigenvalue weighted by Gasteiger charge is -2.39. The lowest BCUT2D eigenvalue weighted by atomic mass is 9.99. The molecule has 0 radical (unpaired) electrons. The maximum Gasteiger partial charge on any atom is 0.303 e. The summed E-state index contributed by atoms with van der Waals surface area (Å²) in [6, 6.07) is 15.3. The maximum atomic E-state index is 12.4. The number of benzene rings is 2. The number of carboxylic acid groups (broad SMARTS) is 1. The van der Waals surface area contributed by atoms with Gasteiger partial charge in [-0.25, -0.2) is 0 Å². The molecular weight excluding hydrogens is 476 g/mol. The molecule has 37 heavy (non-hydrogen) atoms. The van der Waals surface area contributed by atoms with Crippen molar-refractivity contribution in [2.75, 3.05) is 38.2 Å². The molecule has 2 aliphatic heterocycles. The molecule has 0 spiro atoms. The van der Waals surface area contributed by atoms with Crippen LogP contribution >= 0.6 is 0 Å². The smallest absolute Gasteiger partial charge is 0.303 e. The van der Waals surface area contributed by atoms with Gasteiger partial charge in [-0.2, -0.15) is 0 Å². The number of carboxylic acids is 1. The Bertz CT molecular complexity index is 1020. The van der Waals surface area contributed by atoms with Crippen LogP contribution in [0.5, 0.6) is 0 Å². The first-order chi connectivity index (χ1) is 18.0. The zero-order chi connectivity index (χ0) is 26.0. The number of amides is 1. The average molecular weight is 513 g/mol. The van der Waals surface area contributed by atoms with Crippen molar-refractivity contribution >= 4 is 17.6 Å². The van der Waals surface area contributed by atoms with E-state index in [-0.39, 0.29) is 37.6 Å². The molecule has 2 aromatic carbocycles. The summed E-state index contributed by atoms with van der Waals surface area (Å²) in [5.74, 6) is -1.00. The number of rotatable bonds is 11. The van der Waals surface area contributed by atoms with Gasteiger partial charge in [-0.05, 0) is 36.1 Å². The number of hydrogen-bond donors (Lipinski definition) is 3. The number of aliphatic carboxylic acids is 1. The fraction of sp³-hybridized carbons (Fsp3) is 0.500. The minimum atomic E-state index is -0.852. The Hall–Kier alpha value is -2.82. The van der Waals surface area contributed by atoms with Crippen molar-refractivity contribution in [3.8, 4) is 0 Å². The molecule has 0 aromatic heterocycles. The predicted octanol–water partition coefficient (Wildman–Crippen LogP) is 3.64. The summed E-state index contributed by atoms with van der Waals surface area (Å²) < 4.78 is 18.3. The monoisotopic (exact) mass is 512 g/mol. The third-order valence-electron chi connectivity index (χ3n) is 6.67. The molecular formula is C28H36N2O7. The molecule has 2 fully saturated rings. The number of hydrogen-bond acceptors (Lipinski definition) is 7. The first kappa shape index (κ1) is 27.2. The van der Waals surface area contributed by atoms with Crippen molar-refractivity contribution in [1.82, 2.24) is 4.90 Å². The number of ether oxygens (including phenoxy) is 3. The number of morpholine rings is 1. The van der Waals surface area contributed by atoms with E-state index in [4.69, 9.17) is 19.3 Å². The summed E-state index contributed by atoms with van der Waals surface area (Å²) in [6.07, 6.45) is 1.20. The molecule has 2 heterocycles. The van der Waals surface area contributed by atoms with Gasteiger partial charge in [-0.1, -0.05) is 36.4 Å². The molecule has 2 aromatic rings. The highest BCUT2D eigenvalue weighted by Crippen LogP contribution is 2.38. The van der Waals surface area contributed by atoms with Crippen molar-refractivity contribution in [2.45, 2.75) is 57.2 Å². The average Bonchev–Trinajstić information content (AvgIpc) is 2.91. The molecule has 9 heteroatoms. The highest BCUT2D eigenvalue weighted by Gasteiger charge is 2.33. The van der Waals surface area contributed by atoms with Gasteiger partial charge in [-0.15, -0.1) is 0 Å². The number of nitrogens with one attached hydrogen (secondary N) is 1. The van der Waals surface area contributed by atoms with Crippen molar-refractivity contribution in [2.24, 2.45) is 0 Å². The standard InChI is InChI=1S/C28H36N2O7/c31-19-20-8-10-21(11-9-20)25-17-24(18-30-12-14-35-15-13-30)36-28(37-25)22-4-3-5-23(16-22)29-26(32)6-1-2-7-27(33)34/h3-5,8-11,16,24-25,28,31H,1-2,6-7,12-15,17-19H2,(H,29,32)(H,33,34)/t24-,25+,28+/m0/s1. The molecule has 200 valence electrons. The molecule has 4 rings (SSSR count). The van der Waals surface area contributed by atoms with Gasteiger partial charge in [0.15, 0.2) is 6.29 Å². The fourth-order valence-electron chi connectivity index (χ4n) is 4.65. The third kappa shape index (κ3) is 8.34. The van der Waals surface area contributed by atoms with Crippen LogP contribution in [0.4, 0.5) is 5.69 Å². The number of anilines is 1. The van der Waals surface area contributed by atoms with Crippen LogP contribution in [0.15, 0.2) is 48.5 Å². The van der Waals surface area contributed by atoms with Crippen molar-refractivity contribution in [1.29, 1.82) is 0 Å². The number of nitrogens with zero attached hydrogens (tertiary/aromatic N) is 1. The van der Waals surface area contributed by atoms with Gasteiger partial charge < -0.3 is 29.7 Å². The highest BCUT2D eigenvalue weighted by atomic mass is 16.7. The van der Waals surface area contributed by atoms with E-state index in [0.717, 1.165) is 49.5 Å².